The van der Waals surface area contributed by atoms with E-state index in [1.54, 1.807) is 13.8 Å². The minimum atomic E-state index is -1.90. The van der Waals surface area contributed by atoms with Crippen molar-refractivity contribution in [2.45, 2.75) is 25.6 Å². The second kappa shape index (κ2) is 7.37. The first kappa shape index (κ1) is 16.6. The van der Waals surface area contributed by atoms with Crippen molar-refractivity contribution in [1.29, 1.82) is 0 Å². The van der Waals surface area contributed by atoms with Gasteiger partial charge in [0.1, 0.15) is 6.61 Å². The highest BCUT2D eigenvalue weighted by Gasteiger charge is 2.51. The minimum absolute atomic E-state index is 0.104. The zero-order valence-corrected chi connectivity index (χ0v) is 12.1. The summed E-state index contributed by atoms with van der Waals surface area (Å²) >= 11 is 5.82. The van der Waals surface area contributed by atoms with Crippen LogP contribution in [0.5, 0.6) is 0 Å². The molecule has 1 aliphatic rings. The minimum Gasteiger partial charge on any atom is -0.372 e. The smallest absolute Gasteiger partial charge is 0.370 e. The van der Waals surface area contributed by atoms with Gasteiger partial charge in [-0.2, -0.15) is 0 Å². The van der Waals surface area contributed by atoms with E-state index in [9.17, 15) is 14.9 Å². The normalized spacial score (nSPS) is 25.1. The van der Waals surface area contributed by atoms with Crippen LogP contribution in [0, 0.1) is 10.1 Å². The molecule has 0 heterocycles. The number of hydrogen-bond donors (Lipinski definition) is 1. The van der Waals surface area contributed by atoms with Crippen LogP contribution in [0.3, 0.4) is 0 Å². The molecule has 8 heteroatoms. The lowest BCUT2D eigenvalue weighted by molar-refractivity contribution is -0.616. The predicted octanol–water partition coefficient (Wildman–Crippen LogP) is 1.21. The number of nitro groups is 1. The summed E-state index contributed by atoms with van der Waals surface area (Å²) in [6, 6.07) is -0.951. The van der Waals surface area contributed by atoms with Gasteiger partial charge in [0.25, 0.3) is 0 Å². The summed E-state index contributed by atoms with van der Waals surface area (Å²) in [6.45, 7) is 3.69. The third-order valence-corrected chi connectivity index (χ3v) is 2.89. The summed E-state index contributed by atoms with van der Waals surface area (Å²) in [6.07, 6.45) is 4.10. The Morgan fingerprint density at radius 1 is 1.55 bits per heavy atom. The van der Waals surface area contributed by atoms with Crippen molar-refractivity contribution in [2.24, 2.45) is 0 Å². The van der Waals surface area contributed by atoms with E-state index in [4.69, 9.17) is 21.1 Å². The van der Waals surface area contributed by atoms with E-state index in [-0.39, 0.29) is 18.2 Å². The highest BCUT2D eigenvalue weighted by Crippen LogP contribution is 2.28. The van der Waals surface area contributed by atoms with Crippen LogP contribution in [0.2, 0.25) is 0 Å². The Kier molecular flexibility index (Phi) is 6.12. The fraction of sp³-hybridized carbons (Fsp3) is 0.583. The molecular formula is C12H17ClN2O5. The maximum atomic E-state index is 11.7. The number of ether oxygens (including phenoxy) is 2. The first-order valence-corrected chi connectivity index (χ1v) is 6.56. The Morgan fingerprint density at radius 2 is 2.25 bits per heavy atom. The molecule has 7 nitrogen and oxygen atoms in total. The van der Waals surface area contributed by atoms with Gasteiger partial charge in [0.15, 0.2) is 6.04 Å². The van der Waals surface area contributed by atoms with Crippen LogP contribution in [-0.4, -0.2) is 42.4 Å². The molecule has 1 aliphatic carbocycles. The fourth-order valence-corrected chi connectivity index (χ4v) is 2.03. The molecule has 0 saturated carbocycles. The molecule has 0 fully saturated rings. The molecule has 1 amide bonds. The molecule has 112 valence electrons. The number of hydrogen-bond acceptors (Lipinski definition) is 5. The van der Waals surface area contributed by atoms with Gasteiger partial charge in [0.05, 0.1) is 11.5 Å². The Labute approximate surface area is 121 Å². The molecule has 2 unspecified atom stereocenters. The van der Waals surface area contributed by atoms with Crippen LogP contribution in [-0.2, 0) is 14.3 Å². The van der Waals surface area contributed by atoms with Gasteiger partial charge < -0.3 is 14.8 Å². The van der Waals surface area contributed by atoms with Crippen LogP contribution >= 0.6 is 11.6 Å². The van der Waals surface area contributed by atoms with Gasteiger partial charge in [-0.3, -0.25) is 14.9 Å². The van der Waals surface area contributed by atoms with E-state index < -0.39 is 22.6 Å². The molecule has 0 aliphatic heterocycles. The summed E-state index contributed by atoms with van der Waals surface area (Å²) in [4.78, 5) is 22.4. The molecule has 0 aromatic rings. The fourth-order valence-electron chi connectivity index (χ4n) is 1.80. The Bertz CT molecular complexity index is 438. The molecule has 20 heavy (non-hydrogen) atoms. The number of halogens is 1. The van der Waals surface area contributed by atoms with E-state index in [0.717, 1.165) is 0 Å². The zero-order valence-electron chi connectivity index (χ0n) is 11.3. The standard InChI is InChI=1S/C12H17ClN2O5/c1-3-19-8-11(16)14-10-6-5-9(13)7-12(10,15(17)18)20-4-2/h5-7,10H,3-4,8H2,1-2H3,(H,14,16). The van der Waals surface area contributed by atoms with Crippen molar-refractivity contribution in [3.05, 3.63) is 33.4 Å². The number of amides is 1. The van der Waals surface area contributed by atoms with Crippen LogP contribution in [0.25, 0.3) is 0 Å². The molecule has 0 bridgehead atoms. The van der Waals surface area contributed by atoms with Gasteiger partial charge in [-0.1, -0.05) is 17.7 Å². The second-order valence-electron chi connectivity index (χ2n) is 4.01. The van der Waals surface area contributed by atoms with Gasteiger partial charge in [-0.15, -0.1) is 0 Å². The van der Waals surface area contributed by atoms with E-state index in [1.807, 2.05) is 0 Å². The molecule has 0 spiro atoms. The molecule has 0 radical (unpaired) electrons. The van der Waals surface area contributed by atoms with Crippen LogP contribution in [0.1, 0.15) is 13.8 Å². The van der Waals surface area contributed by atoms with E-state index in [2.05, 4.69) is 5.32 Å². The molecule has 2 atom stereocenters. The van der Waals surface area contributed by atoms with Crippen LogP contribution < -0.4 is 5.32 Å². The Balaban J connectivity index is 2.93. The number of nitrogens with one attached hydrogen (secondary N) is 1. The molecule has 0 aromatic heterocycles. The van der Waals surface area contributed by atoms with Gasteiger partial charge in [0, 0.05) is 17.7 Å². The largest absolute Gasteiger partial charge is 0.372 e. The summed E-state index contributed by atoms with van der Waals surface area (Å²) in [5.74, 6) is -0.459. The quantitative estimate of drug-likeness (QED) is 0.434. The summed E-state index contributed by atoms with van der Waals surface area (Å²) in [7, 11) is 0. The third-order valence-electron chi connectivity index (χ3n) is 2.65. The molecule has 1 rings (SSSR count). The van der Waals surface area contributed by atoms with E-state index in [0.29, 0.717) is 6.61 Å². The summed E-state index contributed by atoms with van der Waals surface area (Å²) in [5.41, 5.74) is -1.90. The highest BCUT2D eigenvalue weighted by molar-refractivity contribution is 6.31. The lowest BCUT2D eigenvalue weighted by Crippen LogP contribution is -2.58. The van der Waals surface area contributed by atoms with E-state index in [1.165, 1.54) is 18.2 Å². The first-order chi connectivity index (χ1) is 9.46. The maximum Gasteiger partial charge on any atom is 0.370 e. The van der Waals surface area contributed by atoms with Crippen LogP contribution in [0.4, 0.5) is 0 Å². The van der Waals surface area contributed by atoms with Crippen molar-refractivity contribution < 1.29 is 19.2 Å². The predicted molar refractivity (Wildman–Crippen MR) is 72.9 cm³/mol. The molecular weight excluding hydrogens is 288 g/mol. The molecule has 0 aromatic carbocycles. The van der Waals surface area contributed by atoms with Crippen LogP contribution in [0.15, 0.2) is 23.3 Å². The van der Waals surface area contributed by atoms with Crippen molar-refractivity contribution >= 4 is 17.5 Å². The number of rotatable bonds is 7. The molecule has 1 N–H and O–H groups in total. The van der Waals surface area contributed by atoms with E-state index >= 15 is 0 Å². The van der Waals surface area contributed by atoms with Crippen molar-refractivity contribution in [1.82, 2.24) is 5.32 Å². The Morgan fingerprint density at radius 3 is 2.80 bits per heavy atom. The number of carbonyl (C=O) groups is 1. The number of nitrogens with zero attached hydrogens (tertiary/aromatic N) is 1. The second-order valence-corrected chi connectivity index (χ2v) is 4.45. The third kappa shape index (κ3) is 3.78. The average molecular weight is 305 g/mol. The van der Waals surface area contributed by atoms with Crippen molar-refractivity contribution in [2.75, 3.05) is 19.8 Å². The van der Waals surface area contributed by atoms with Gasteiger partial charge in [-0.05, 0) is 19.9 Å². The number of allylic oxidation sites excluding steroid dienone is 2. The Hall–Kier alpha value is -1.44. The lowest BCUT2D eigenvalue weighted by Gasteiger charge is -2.30. The zero-order chi connectivity index (χ0) is 15.2. The lowest BCUT2D eigenvalue weighted by atomic mass is 9.98. The van der Waals surface area contributed by atoms with Gasteiger partial charge in [-0.25, -0.2) is 0 Å². The van der Waals surface area contributed by atoms with Gasteiger partial charge in [0.2, 0.25) is 5.91 Å². The van der Waals surface area contributed by atoms with Gasteiger partial charge >= 0.3 is 5.72 Å². The SMILES string of the molecule is CCOCC(=O)NC1C=CC(Cl)=CC1(OCC)[N+](=O)[O-]. The summed E-state index contributed by atoms with van der Waals surface area (Å²) < 4.78 is 10.2. The first-order valence-electron chi connectivity index (χ1n) is 6.18. The maximum absolute atomic E-state index is 11.7. The monoisotopic (exact) mass is 304 g/mol. The number of carbonyl (C=O) groups excluding carboxylic acids is 1. The molecule has 0 saturated heterocycles. The summed E-state index contributed by atoms with van der Waals surface area (Å²) in [5, 5.41) is 14.1. The van der Waals surface area contributed by atoms with Crippen molar-refractivity contribution in [3.63, 3.8) is 0 Å². The van der Waals surface area contributed by atoms with Crippen molar-refractivity contribution in [3.8, 4) is 0 Å². The topological polar surface area (TPSA) is 90.7 Å². The average Bonchev–Trinajstić information content (AvgIpc) is 2.39. The highest BCUT2D eigenvalue weighted by atomic mass is 35.5.